The number of ketones is 1. The van der Waals surface area contributed by atoms with Crippen molar-refractivity contribution in [3.8, 4) is 0 Å². The molecule has 0 spiro atoms. The number of ether oxygens (including phenoxy) is 1. The first-order chi connectivity index (χ1) is 8.46. The molecule has 2 atom stereocenters. The predicted octanol–water partition coefficient (Wildman–Crippen LogP) is 2.54. The second kappa shape index (κ2) is 4.98. The highest BCUT2D eigenvalue weighted by atomic mass is 16.6. The van der Waals surface area contributed by atoms with Crippen LogP contribution in [-0.4, -0.2) is 29.2 Å². The van der Waals surface area contributed by atoms with Crippen molar-refractivity contribution in [1.29, 1.82) is 0 Å². The molecule has 0 aromatic carbocycles. The van der Waals surface area contributed by atoms with Gasteiger partial charge < -0.3 is 9.84 Å². The fraction of sp³-hybridized carbons (Fsp3) is 0.667. The lowest BCUT2D eigenvalue weighted by Crippen LogP contribution is -2.16. The van der Waals surface area contributed by atoms with Crippen LogP contribution in [0.2, 0.25) is 0 Å². The number of fused-ring (bicyclic) bond motifs is 1. The van der Waals surface area contributed by atoms with Crippen LogP contribution in [0.25, 0.3) is 0 Å². The van der Waals surface area contributed by atoms with Gasteiger partial charge in [-0.2, -0.15) is 0 Å². The molecule has 2 unspecified atom stereocenters. The summed E-state index contributed by atoms with van der Waals surface area (Å²) < 4.78 is 5.75. The van der Waals surface area contributed by atoms with Gasteiger partial charge in [-0.25, -0.2) is 0 Å². The van der Waals surface area contributed by atoms with Crippen LogP contribution in [-0.2, 0) is 9.53 Å². The number of epoxide rings is 1. The molecule has 100 valence electrons. The molecule has 0 radical (unpaired) electrons. The van der Waals surface area contributed by atoms with Crippen molar-refractivity contribution >= 4 is 5.78 Å². The minimum Gasteiger partial charge on any atom is -0.392 e. The van der Waals surface area contributed by atoms with E-state index in [2.05, 4.69) is 13.0 Å². The maximum absolute atomic E-state index is 12.2. The third-order valence-electron chi connectivity index (χ3n) is 4.09. The van der Waals surface area contributed by atoms with E-state index in [4.69, 9.17) is 4.74 Å². The van der Waals surface area contributed by atoms with Crippen molar-refractivity contribution in [3.05, 3.63) is 22.8 Å². The Morgan fingerprint density at radius 2 is 2.33 bits per heavy atom. The first-order valence-electron chi connectivity index (χ1n) is 6.62. The van der Waals surface area contributed by atoms with Crippen molar-refractivity contribution in [3.63, 3.8) is 0 Å². The number of carbonyl (C=O) groups is 1. The number of aliphatic hydroxyl groups excluding tert-OH is 1. The lowest BCUT2D eigenvalue weighted by molar-refractivity contribution is -0.115. The average molecular weight is 250 g/mol. The summed E-state index contributed by atoms with van der Waals surface area (Å²) in [6.45, 7) is 5.89. The van der Waals surface area contributed by atoms with Gasteiger partial charge in [0.25, 0.3) is 0 Å². The Kier molecular flexibility index (Phi) is 3.74. The summed E-state index contributed by atoms with van der Waals surface area (Å²) >= 11 is 0. The summed E-state index contributed by atoms with van der Waals surface area (Å²) in [4.78, 5) is 12.2. The van der Waals surface area contributed by atoms with E-state index in [1.54, 1.807) is 0 Å². The van der Waals surface area contributed by atoms with Crippen LogP contribution < -0.4 is 0 Å². The molecule has 1 heterocycles. The highest BCUT2D eigenvalue weighted by Gasteiger charge is 2.51. The van der Waals surface area contributed by atoms with Gasteiger partial charge >= 0.3 is 0 Å². The molecule has 1 saturated heterocycles. The summed E-state index contributed by atoms with van der Waals surface area (Å²) in [6, 6.07) is 0. The normalized spacial score (nSPS) is 35.7. The first-order valence-corrected chi connectivity index (χ1v) is 6.62. The largest absolute Gasteiger partial charge is 0.392 e. The second-order valence-electron chi connectivity index (χ2n) is 5.73. The minimum absolute atomic E-state index is 0.0483. The van der Waals surface area contributed by atoms with Gasteiger partial charge in [-0.3, -0.25) is 4.79 Å². The van der Waals surface area contributed by atoms with Gasteiger partial charge in [0.2, 0.25) is 0 Å². The molecule has 18 heavy (non-hydrogen) atoms. The lowest BCUT2D eigenvalue weighted by Gasteiger charge is -2.13. The zero-order chi connectivity index (χ0) is 13.3. The van der Waals surface area contributed by atoms with Crippen molar-refractivity contribution < 1.29 is 14.6 Å². The van der Waals surface area contributed by atoms with E-state index in [9.17, 15) is 9.90 Å². The summed E-state index contributed by atoms with van der Waals surface area (Å²) in [6.07, 6.45) is 5.38. The van der Waals surface area contributed by atoms with Gasteiger partial charge in [0.1, 0.15) is 0 Å². The van der Waals surface area contributed by atoms with E-state index >= 15 is 0 Å². The van der Waals surface area contributed by atoms with E-state index in [1.807, 2.05) is 13.8 Å². The maximum Gasteiger partial charge on any atom is 0.163 e. The fourth-order valence-corrected chi connectivity index (χ4v) is 2.61. The van der Waals surface area contributed by atoms with Gasteiger partial charge in [-0.05, 0) is 44.8 Å². The summed E-state index contributed by atoms with van der Waals surface area (Å²) in [5, 5.41) is 9.26. The number of carbonyl (C=O) groups excluding carboxylic acids is 1. The molecule has 1 fully saturated rings. The summed E-state index contributed by atoms with van der Waals surface area (Å²) in [5.41, 5.74) is 2.59. The van der Waals surface area contributed by atoms with E-state index in [1.165, 1.54) is 0 Å². The molecule has 0 aromatic heterocycles. The SMILES string of the molecule is CC1=CCCC2(C)OC2CC(=C(C)CO)C(=O)C1. The van der Waals surface area contributed by atoms with Crippen LogP contribution in [0.1, 0.15) is 46.5 Å². The smallest absolute Gasteiger partial charge is 0.163 e. The van der Waals surface area contributed by atoms with E-state index in [-0.39, 0.29) is 24.1 Å². The van der Waals surface area contributed by atoms with Crippen molar-refractivity contribution in [2.45, 2.75) is 58.2 Å². The van der Waals surface area contributed by atoms with Crippen LogP contribution in [0.3, 0.4) is 0 Å². The number of Topliss-reactive ketones (excluding diaryl/α,β-unsaturated/α-hetero) is 1. The Bertz CT molecular complexity index is 419. The zero-order valence-corrected chi connectivity index (χ0v) is 11.5. The first kappa shape index (κ1) is 13.5. The number of allylic oxidation sites excluding steroid dienone is 2. The fourth-order valence-electron chi connectivity index (χ4n) is 2.61. The average Bonchev–Trinajstić information content (AvgIpc) is 2.95. The second-order valence-corrected chi connectivity index (χ2v) is 5.73. The van der Waals surface area contributed by atoms with E-state index < -0.39 is 0 Å². The van der Waals surface area contributed by atoms with Gasteiger partial charge in [0.15, 0.2) is 5.78 Å². The molecule has 3 nitrogen and oxygen atoms in total. The maximum atomic E-state index is 12.2. The molecule has 2 aliphatic rings. The lowest BCUT2D eigenvalue weighted by atomic mass is 9.89. The Hall–Kier alpha value is -0.930. The van der Waals surface area contributed by atoms with Gasteiger partial charge in [0.05, 0.1) is 18.3 Å². The van der Waals surface area contributed by atoms with Crippen molar-refractivity contribution in [2.75, 3.05) is 6.61 Å². The van der Waals surface area contributed by atoms with E-state index in [0.717, 1.165) is 29.6 Å². The molecule has 0 bridgehead atoms. The van der Waals surface area contributed by atoms with Crippen LogP contribution in [0.4, 0.5) is 0 Å². The number of hydrogen-bond donors (Lipinski definition) is 1. The van der Waals surface area contributed by atoms with Gasteiger partial charge in [-0.15, -0.1) is 0 Å². The topological polar surface area (TPSA) is 49.8 Å². The van der Waals surface area contributed by atoms with Crippen LogP contribution in [0.5, 0.6) is 0 Å². The molecule has 3 heteroatoms. The molecule has 1 N–H and O–H groups in total. The molecule has 1 aliphatic heterocycles. The van der Waals surface area contributed by atoms with Crippen LogP contribution in [0.15, 0.2) is 22.8 Å². The summed E-state index contributed by atoms with van der Waals surface area (Å²) in [5.74, 6) is 0.134. The van der Waals surface area contributed by atoms with Gasteiger partial charge in [0, 0.05) is 12.8 Å². The monoisotopic (exact) mass is 250 g/mol. The molecular formula is C15H22O3. The molecular weight excluding hydrogens is 228 g/mol. The third kappa shape index (κ3) is 2.73. The van der Waals surface area contributed by atoms with Crippen molar-refractivity contribution in [2.24, 2.45) is 0 Å². The highest BCUT2D eigenvalue weighted by Crippen LogP contribution is 2.45. The van der Waals surface area contributed by atoms with Crippen LogP contribution >= 0.6 is 0 Å². The quantitative estimate of drug-likeness (QED) is 0.442. The zero-order valence-electron chi connectivity index (χ0n) is 11.5. The number of aliphatic hydroxyl groups is 1. The van der Waals surface area contributed by atoms with Gasteiger partial charge in [-0.1, -0.05) is 11.6 Å². The molecule has 0 aromatic rings. The van der Waals surface area contributed by atoms with Crippen LogP contribution in [0, 0.1) is 0 Å². The summed E-state index contributed by atoms with van der Waals surface area (Å²) in [7, 11) is 0. The molecule has 0 saturated carbocycles. The number of rotatable bonds is 1. The predicted molar refractivity (Wildman–Crippen MR) is 70.3 cm³/mol. The standard InChI is InChI=1S/C15H22O3/c1-10-5-4-6-15(3)14(18-15)8-12(11(2)9-16)13(17)7-10/h5,14,16H,4,6-9H2,1-3H3. The Morgan fingerprint density at radius 1 is 1.61 bits per heavy atom. The number of hydrogen-bond acceptors (Lipinski definition) is 3. The molecule has 0 amide bonds. The minimum atomic E-state index is -0.0740. The highest BCUT2D eigenvalue weighted by molar-refractivity contribution is 5.97. The Morgan fingerprint density at radius 3 is 3.00 bits per heavy atom. The molecule has 1 aliphatic carbocycles. The third-order valence-corrected chi connectivity index (χ3v) is 4.09. The Labute approximate surface area is 109 Å². The molecule has 2 rings (SSSR count). The van der Waals surface area contributed by atoms with Crippen molar-refractivity contribution in [1.82, 2.24) is 0 Å². The van der Waals surface area contributed by atoms with E-state index in [0.29, 0.717) is 12.8 Å². The Balaban J connectivity index is 2.27.